The highest BCUT2D eigenvalue weighted by molar-refractivity contribution is 8.15. The van der Waals surface area contributed by atoms with Gasteiger partial charge >= 0.3 is 11.0 Å². The molecule has 0 heterocycles. The maximum atomic E-state index is 12.1. The van der Waals surface area contributed by atoms with Gasteiger partial charge in [0.2, 0.25) is 0 Å². The largest absolute Gasteiger partial charge is 0.502 e. The SMILES string of the molecule is CC=CC=C(S(=O)(=O)C(F)(F)F)S(=O)(=O)C(F)(F)F. The standard InChI is InChI=1S/C7H6F6O4S2/c1-2-3-4-5(18(14,15)6(8,9)10)19(16,17)7(11,12)13/h2-4H,1H3. The van der Waals surface area contributed by atoms with Gasteiger partial charge in [-0.05, 0) is 13.0 Å². The minimum absolute atomic E-state index is 0.272. The van der Waals surface area contributed by atoms with Crippen LogP contribution in [-0.4, -0.2) is 27.9 Å². The van der Waals surface area contributed by atoms with Crippen LogP contribution in [0.1, 0.15) is 6.92 Å². The maximum absolute atomic E-state index is 12.1. The van der Waals surface area contributed by atoms with Gasteiger partial charge in [-0.25, -0.2) is 16.8 Å². The molecule has 0 bridgehead atoms. The fraction of sp³-hybridized carbons (Fsp3) is 0.429. The van der Waals surface area contributed by atoms with E-state index >= 15 is 0 Å². The van der Waals surface area contributed by atoms with E-state index in [-0.39, 0.29) is 6.08 Å². The molecule has 112 valence electrons. The van der Waals surface area contributed by atoms with Crippen molar-refractivity contribution in [3.63, 3.8) is 0 Å². The first-order chi connectivity index (χ1) is 8.19. The van der Waals surface area contributed by atoms with E-state index in [0.29, 0.717) is 6.08 Å². The summed E-state index contributed by atoms with van der Waals surface area (Å²) >= 11 is 0. The predicted molar refractivity (Wildman–Crippen MR) is 52.8 cm³/mol. The molecule has 0 aromatic carbocycles. The summed E-state index contributed by atoms with van der Waals surface area (Å²) in [5.41, 5.74) is -12.3. The van der Waals surface area contributed by atoms with Crippen molar-refractivity contribution >= 4 is 19.7 Å². The van der Waals surface area contributed by atoms with Gasteiger partial charge in [0.25, 0.3) is 19.7 Å². The van der Waals surface area contributed by atoms with E-state index < -0.39 is 34.9 Å². The lowest BCUT2D eigenvalue weighted by Crippen LogP contribution is -2.34. The first-order valence-electron chi connectivity index (χ1n) is 4.15. The molecule has 0 amide bonds. The molecule has 0 spiro atoms. The van der Waals surface area contributed by atoms with Crippen molar-refractivity contribution in [3.8, 4) is 0 Å². The van der Waals surface area contributed by atoms with Crippen LogP contribution in [0.25, 0.3) is 0 Å². The number of sulfone groups is 2. The number of halogens is 6. The molecule has 0 saturated heterocycles. The highest BCUT2D eigenvalue weighted by Gasteiger charge is 2.59. The van der Waals surface area contributed by atoms with Crippen molar-refractivity contribution in [1.82, 2.24) is 0 Å². The monoisotopic (exact) mass is 332 g/mol. The maximum Gasteiger partial charge on any atom is 0.502 e. The van der Waals surface area contributed by atoms with Gasteiger partial charge in [-0.15, -0.1) is 0 Å². The number of allylic oxidation sites excluding steroid dienone is 3. The summed E-state index contributed by atoms with van der Waals surface area (Å²) in [6.45, 7) is 1.13. The Bertz CT molecular complexity index is 544. The van der Waals surface area contributed by atoms with Crippen molar-refractivity contribution in [1.29, 1.82) is 0 Å². The molecule has 0 N–H and O–H groups in total. The molecule has 0 radical (unpaired) electrons. The average Bonchev–Trinajstić information content (AvgIpc) is 2.13. The molecule has 19 heavy (non-hydrogen) atoms. The van der Waals surface area contributed by atoms with Crippen molar-refractivity contribution in [2.75, 3.05) is 0 Å². The molecule has 0 aliphatic heterocycles. The Morgan fingerprint density at radius 3 is 1.37 bits per heavy atom. The summed E-state index contributed by atoms with van der Waals surface area (Å²) in [5.74, 6) is 0. The van der Waals surface area contributed by atoms with Crippen LogP contribution in [0.15, 0.2) is 22.5 Å². The lowest BCUT2D eigenvalue weighted by Gasteiger charge is -2.13. The number of rotatable bonds is 3. The zero-order chi connectivity index (χ0) is 15.7. The fourth-order valence-electron chi connectivity index (χ4n) is 0.726. The van der Waals surface area contributed by atoms with Crippen LogP contribution in [0.4, 0.5) is 26.3 Å². The second-order valence-corrected chi connectivity index (χ2v) is 6.99. The highest BCUT2D eigenvalue weighted by Crippen LogP contribution is 2.38. The summed E-state index contributed by atoms with van der Waals surface area (Å²) in [7, 11) is -13.3. The highest BCUT2D eigenvalue weighted by atomic mass is 32.3. The Hall–Kier alpha value is -1.04. The van der Waals surface area contributed by atoms with Crippen LogP contribution >= 0.6 is 0 Å². The Morgan fingerprint density at radius 1 is 0.842 bits per heavy atom. The summed E-state index contributed by atoms with van der Waals surface area (Å²) in [5, 5.41) is 0. The third kappa shape index (κ3) is 3.49. The Morgan fingerprint density at radius 2 is 1.16 bits per heavy atom. The van der Waals surface area contributed by atoms with Gasteiger partial charge in [-0.1, -0.05) is 12.2 Å². The summed E-state index contributed by atoms with van der Waals surface area (Å²) in [4.78, 5) is 0. The van der Waals surface area contributed by atoms with Gasteiger partial charge in [-0.2, -0.15) is 26.3 Å². The minimum atomic E-state index is -6.65. The summed E-state index contributed by atoms with van der Waals surface area (Å²) in [6.07, 6.45) is 1.02. The molecule has 0 aromatic heterocycles. The lowest BCUT2D eigenvalue weighted by atomic mass is 10.5. The van der Waals surface area contributed by atoms with Crippen LogP contribution < -0.4 is 0 Å². The van der Waals surface area contributed by atoms with Crippen LogP contribution in [0.2, 0.25) is 0 Å². The fourth-order valence-corrected chi connectivity index (χ4v) is 3.42. The van der Waals surface area contributed by atoms with Crippen molar-refractivity contribution in [2.24, 2.45) is 0 Å². The number of hydrogen-bond donors (Lipinski definition) is 0. The second kappa shape index (κ2) is 5.15. The second-order valence-electron chi connectivity index (χ2n) is 2.91. The van der Waals surface area contributed by atoms with Gasteiger partial charge in [0.05, 0.1) is 0 Å². The molecule has 0 unspecified atom stereocenters. The quantitative estimate of drug-likeness (QED) is 0.587. The molecule has 0 saturated carbocycles. The normalized spacial score (nSPS) is 14.7. The van der Waals surface area contributed by atoms with E-state index in [1.807, 2.05) is 0 Å². The van der Waals surface area contributed by atoms with E-state index in [2.05, 4.69) is 0 Å². The van der Waals surface area contributed by atoms with Gasteiger partial charge in [0.15, 0.2) is 4.24 Å². The van der Waals surface area contributed by atoms with Crippen molar-refractivity contribution in [2.45, 2.75) is 17.9 Å². The minimum Gasteiger partial charge on any atom is -0.214 e. The molecule has 0 aliphatic carbocycles. The van der Waals surface area contributed by atoms with E-state index in [1.54, 1.807) is 0 Å². The number of alkyl halides is 6. The van der Waals surface area contributed by atoms with Crippen LogP contribution in [0.5, 0.6) is 0 Å². The van der Waals surface area contributed by atoms with E-state index in [9.17, 15) is 43.2 Å². The van der Waals surface area contributed by atoms with Crippen LogP contribution in [0, 0.1) is 0 Å². The molecule has 12 heteroatoms. The molecule has 0 fully saturated rings. The molecule has 0 atom stereocenters. The predicted octanol–water partition coefficient (Wildman–Crippen LogP) is 2.27. The van der Waals surface area contributed by atoms with E-state index in [1.165, 1.54) is 0 Å². The van der Waals surface area contributed by atoms with Gasteiger partial charge in [0, 0.05) is 0 Å². The Balaban J connectivity index is 6.40. The van der Waals surface area contributed by atoms with Crippen molar-refractivity contribution < 1.29 is 43.2 Å². The van der Waals surface area contributed by atoms with Gasteiger partial charge < -0.3 is 0 Å². The zero-order valence-corrected chi connectivity index (χ0v) is 10.6. The summed E-state index contributed by atoms with van der Waals surface area (Å²) < 4.78 is 113. The van der Waals surface area contributed by atoms with Crippen LogP contribution in [-0.2, 0) is 19.7 Å². The van der Waals surface area contributed by atoms with E-state index in [0.717, 1.165) is 13.0 Å². The third-order valence-electron chi connectivity index (χ3n) is 1.56. The Labute approximate surface area is 104 Å². The lowest BCUT2D eigenvalue weighted by molar-refractivity contribution is -0.0444. The molecular weight excluding hydrogens is 326 g/mol. The first kappa shape index (κ1) is 18.0. The molecule has 4 nitrogen and oxygen atoms in total. The first-order valence-corrected chi connectivity index (χ1v) is 7.12. The Kier molecular flexibility index (Phi) is 4.87. The average molecular weight is 332 g/mol. The summed E-state index contributed by atoms with van der Waals surface area (Å²) in [6, 6.07) is 0. The van der Waals surface area contributed by atoms with E-state index in [4.69, 9.17) is 0 Å². The number of hydrogen-bond acceptors (Lipinski definition) is 4. The zero-order valence-electron chi connectivity index (χ0n) is 8.95. The third-order valence-corrected chi connectivity index (χ3v) is 5.43. The molecule has 0 aliphatic rings. The molecule has 0 aromatic rings. The molecule has 0 rings (SSSR count). The van der Waals surface area contributed by atoms with Crippen LogP contribution in [0.3, 0.4) is 0 Å². The van der Waals surface area contributed by atoms with Crippen molar-refractivity contribution in [3.05, 3.63) is 22.5 Å². The van der Waals surface area contributed by atoms with Gasteiger partial charge in [-0.3, -0.25) is 0 Å². The molecular formula is C7H6F6O4S2. The van der Waals surface area contributed by atoms with Gasteiger partial charge in [0.1, 0.15) is 0 Å². The topological polar surface area (TPSA) is 68.3 Å². The smallest absolute Gasteiger partial charge is 0.214 e.